The fourth-order valence-corrected chi connectivity index (χ4v) is 3.27. The lowest BCUT2D eigenvalue weighted by Gasteiger charge is -2.20. The molecule has 3 aromatic rings. The number of aromatic nitrogens is 2. The Bertz CT molecular complexity index is 830. The third-order valence-corrected chi connectivity index (χ3v) is 5.45. The summed E-state index contributed by atoms with van der Waals surface area (Å²) in [6.07, 6.45) is 0.880. The van der Waals surface area contributed by atoms with Gasteiger partial charge in [-0.05, 0) is 41.6 Å². The molecule has 3 rings (SSSR count). The fraction of sp³-hybridized carbons (Fsp3) is 0.278. The van der Waals surface area contributed by atoms with Gasteiger partial charge in [0, 0.05) is 10.0 Å². The molecule has 0 radical (unpaired) electrons. The Morgan fingerprint density at radius 3 is 2.72 bits per heavy atom. The molecule has 2 aromatic heterocycles. The van der Waals surface area contributed by atoms with Crippen molar-refractivity contribution >= 4 is 33.2 Å². The van der Waals surface area contributed by atoms with Crippen molar-refractivity contribution in [3.63, 3.8) is 0 Å². The predicted molar refractivity (Wildman–Crippen MR) is 101 cm³/mol. The van der Waals surface area contributed by atoms with Crippen LogP contribution in [-0.4, -0.2) is 16.0 Å². The molecule has 1 amide bonds. The van der Waals surface area contributed by atoms with Crippen LogP contribution in [0.4, 0.5) is 0 Å². The van der Waals surface area contributed by atoms with Gasteiger partial charge < -0.3 is 9.84 Å². The van der Waals surface area contributed by atoms with E-state index in [0.717, 1.165) is 16.5 Å². The van der Waals surface area contributed by atoms with Gasteiger partial charge in [0.05, 0.1) is 4.88 Å². The summed E-state index contributed by atoms with van der Waals surface area (Å²) >= 11 is 4.82. The van der Waals surface area contributed by atoms with E-state index in [1.54, 1.807) is 6.07 Å². The molecule has 0 aliphatic carbocycles. The molecule has 0 bridgehead atoms. The number of nitrogens with one attached hydrogen (secondary N) is 1. The van der Waals surface area contributed by atoms with E-state index >= 15 is 0 Å². The summed E-state index contributed by atoms with van der Waals surface area (Å²) in [4.78, 5) is 17.6. The second-order valence-electron chi connectivity index (χ2n) is 5.78. The Labute approximate surface area is 158 Å². The molecule has 2 atom stereocenters. The molecule has 2 heterocycles. The first-order valence-electron chi connectivity index (χ1n) is 8.02. The first-order chi connectivity index (χ1) is 12.1. The average Bonchev–Trinajstić information content (AvgIpc) is 3.31. The normalized spacial score (nSPS) is 13.4. The summed E-state index contributed by atoms with van der Waals surface area (Å²) in [7, 11) is 0. The summed E-state index contributed by atoms with van der Waals surface area (Å²) in [5.74, 6) is 0.990. The van der Waals surface area contributed by atoms with Gasteiger partial charge in [0.15, 0.2) is 0 Å². The maximum Gasteiger partial charge on any atom is 0.262 e. The average molecular weight is 420 g/mol. The molecule has 0 aliphatic rings. The van der Waals surface area contributed by atoms with E-state index < -0.39 is 0 Å². The number of halogens is 1. The zero-order valence-corrected chi connectivity index (χ0v) is 16.3. The van der Waals surface area contributed by atoms with Crippen molar-refractivity contribution in [2.75, 3.05) is 0 Å². The van der Waals surface area contributed by atoms with E-state index in [1.807, 2.05) is 35.7 Å². The van der Waals surface area contributed by atoms with Crippen molar-refractivity contribution in [3.8, 4) is 11.4 Å². The van der Waals surface area contributed by atoms with Crippen molar-refractivity contribution in [1.82, 2.24) is 15.5 Å². The van der Waals surface area contributed by atoms with Crippen LogP contribution in [0.2, 0.25) is 0 Å². The molecule has 0 fully saturated rings. The number of hydrogen-bond donors (Lipinski definition) is 1. The van der Waals surface area contributed by atoms with Crippen molar-refractivity contribution < 1.29 is 9.32 Å². The number of carbonyl (C=O) groups is 1. The molecule has 5 nitrogen and oxygen atoms in total. The summed E-state index contributed by atoms with van der Waals surface area (Å²) in [5, 5.41) is 8.98. The lowest BCUT2D eigenvalue weighted by Crippen LogP contribution is -2.32. The minimum absolute atomic E-state index is 0.122. The summed E-state index contributed by atoms with van der Waals surface area (Å²) in [5.41, 5.74) is 0.866. The van der Waals surface area contributed by atoms with Crippen LogP contribution in [0.3, 0.4) is 0 Å². The minimum Gasteiger partial charge on any atom is -0.339 e. The van der Waals surface area contributed by atoms with Gasteiger partial charge in [0.2, 0.25) is 11.7 Å². The molecule has 0 saturated heterocycles. The molecule has 1 N–H and O–H groups in total. The van der Waals surface area contributed by atoms with E-state index in [2.05, 4.69) is 45.2 Å². The Balaban J connectivity index is 1.84. The van der Waals surface area contributed by atoms with Crippen molar-refractivity contribution in [3.05, 3.63) is 57.0 Å². The molecule has 130 valence electrons. The maximum absolute atomic E-state index is 12.4. The van der Waals surface area contributed by atoms with Gasteiger partial charge >= 0.3 is 0 Å². The molecule has 0 unspecified atom stereocenters. The second kappa shape index (κ2) is 7.93. The lowest BCUT2D eigenvalue weighted by molar-refractivity contribution is 0.0914. The summed E-state index contributed by atoms with van der Waals surface area (Å²) in [6.45, 7) is 4.13. The van der Waals surface area contributed by atoms with Gasteiger partial charge in [-0.15, -0.1) is 11.3 Å². The molecule has 25 heavy (non-hydrogen) atoms. The van der Waals surface area contributed by atoms with Crippen molar-refractivity contribution in [2.24, 2.45) is 5.92 Å². The number of hydrogen-bond acceptors (Lipinski definition) is 5. The fourth-order valence-electron chi connectivity index (χ4n) is 2.38. The third kappa shape index (κ3) is 4.16. The van der Waals surface area contributed by atoms with Crippen LogP contribution in [0.1, 0.15) is 41.9 Å². The van der Waals surface area contributed by atoms with Gasteiger partial charge in [-0.2, -0.15) is 4.98 Å². The molecular formula is C18H18BrN3O2S. The smallest absolute Gasteiger partial charge is 0.262 e. The van der Waals surface area contributed by atoms with E-state index in [-0.39, 0.29) is 17.9 Å². The topological polar surface area (TPSA) is 68.0 Å². The number of thiophene rings is 1. The van der Waals surface area contributed by atoms with Crippen LogP contribution in [0.25, 0.3) is 11.4 Å². The van der Waals surface area contributed by atoms with Gasteiger partial charge in [0.1, 0.15) is 6.04 Å². The molecular weight excluding hydrogens is 402 g/mol. The summed E-state index contributed by atoms with van der Waals surface area (Å²) in [6, 6.07) is 11.0. The van der Waals surface area contributed by atoms with E-state index in [9.17, 15) is 4.79 Å². The Hall–Kier alpha value is -1.99. The number of carbonyl (C=O) groups excluding carboxylic acids is 1. The third-order valence-electron chi connectivity index (χ3n) is 4.05. The highest BCUT2D eigenvalue weighted by Crippen LogP contribution is 2.27. The van der Waals surface area contributed by atoms with Gasteiger partial charge in [-0.1, -0.05) is 47.4 Å². The van der Waals surface area contributed by atoms with Crippen LogP contribution in [0, 0.1) is 5.92 Å². The number of nitrogens with zero attached hydrogens (tertiary/aromatic N) is 2. The maximum atomic E-state index is 12.4. The highest BCUT2D eigenvalue weighted by molar-refractivity contribution is 9.10. The zero-order chi connectivity index (χ0) is 17.8. The minimum atomic E-state index is -0.323. The first kappa shape index (κ1) is 17.8. The second-order valence-corrected chi connectivity index (χ2v) is 7.64. The van der Waals surface area contributed by atoms with Gasteiger partial charge in [-0.3, -0.25) is 4.79 Å². The van der Waals surface area contributed by atoms with Crippen LogP contribution < -0.4 is 5.32 Å². The molecule has 7 heteroatoms. The molecule has 0 aliphatic heterocycles. The number of benzene rings is 1. The van der Waals surface area contributed by atoms with Crippen LogP contribution >= 0.6 is 27.3 Å². The van der Waals surface area contributed by atoms with Crippen LogP contribution in [0.15, 0.2) is 50.8 Å². The first-order valence-corrected chi connectivity index (χ1v) is 9.69. The van der Waals surface area contributed by atoms with E-state index in [1.165, 1.54) is 11.3 Å². The monoisotopic (exact) mass is 419 g/mol. The summed E-state index contributed by atoms with van der Waals surface area (Å²) < 4.78 is 6.46. The SMILES string of the molecule is CC[C@H](C)[C@@H](NC(=O)c1cccs1)c1nc(-c2ccc(Br)cc2)no1. The van der Waals surface area contributed by atoms with E-state index in [4.69, 9.17) is 4.52 Å². The Morgan fingerprint density at radius 2 is 2.08 bits per heavy atom. The Kier molecular flexibility index (Phi) is 5.65. The highest BCUT2D eigenvalue weighted by Gasteiger charge is 2.27. The standard InChI is InChI=1S/C18H18BrN3O2S/c1-3-11(2)15(20-17(23)14-5-4-10-25-14)18-21-16(22-24-18)12-6-8-13(19)9-7-12/h4-11,15H,3H2,1-2H3,(H,20,23)/t11-,15+/m0/s1. The molecule has 0 saturated carbocycles. The van der Waals surface area contributed by atoms with Crippen molar-refractivity contribution in [2.45, 2.75) is 26.3 Å². The predicted octanol–water partition coefficient (Wildman–Crippen LogP) is 5.08. The zero-order valence-electron chi connectivity index (χ0n) is 13.9. The lowest BCUT2D eigenvalue weighted by atomic mass is 9.99. The largest absolute Gasteiger partial charge is 0.339 e. The van der Waals surface area contributed by atoms with Crippen molar-refractivity contribution in [1.29, 1.82) is 0 Å². The number of rotatable bonds is 6. The van der Waals surface area contributed by atoms with E-state index in [0.29, 0.717) is 16.6 Å². The van der Waals surface area contributed by atoms with Gasteiger partial charge in [-0.25, -0.2) is 0 Å². The Morgan fingerprint density at radius 1 is 1.32 bits per heavy atom. The molecule has 0 spiro atoms. The van der Waals surface area contributed by atoms with Crippen LogP contribution in [0.5, 0.6) is 0 Å². The molecule has 1 aromatic carbocycles. The highest BCUT2D eigenvalue weighted by atomic mass is 79.9. The van der Waals surface area contributed by atoms with Gasteiger partial charge in [0.25, 0.3) is 5.91 Å². The van der Waals surface area contributed by atoms with Crippen LogP contribution in [-0.2, 0) is 0 Å². The quantitative estimate of drug-likeness (QED) is 0.604. The number of amides is 1.